The van der Waals surface area contributed by atoms with Crippen molar-refractivity contribution in [3.05, 3.63) is 200 Å². The van der Waals surface area contributed by atoms with E-state index in [-0.39, 0.29) is 0 Å². The molecule has 0 unspecified atom stereocenters. The van der Waals surface area contributed by atoms with Crippen molar-refractivity contribution in [1.82, 2.24) is 4.57 Å². The summed E-state index contributed by atoms with van der Waals surface area (Å²) in [4.78, 5) is 0. The fraction of sp³-hybridized carbons (Fsp3) is 0. The Balaban J connectivity index is 1.08. The second-order valence-electron chi connectivity index (χ2n) is 14.8. The molecule has 260 valence electrons. The van der Waals surface area contributed by atoms with Crippen LogP contribution in [0.25, 0.3) is 116 Å². The molecule has 1 aliphatic rings. The SMILES string of the molecule is c1ccc(-n2c3ccccc3c3cc(-c4ccc5c(c4)-c4ccc(-c6ccc7oc8ccccc8c7c6)cc4-c4ccccc4-c4ccccc4-5)ccc32)cc1. The lowest BCUT2D eigenvalue weighted by Gasteiger charge is -2.24. The van der Waals surface area contributed by atoms with Gasteiger partial charge in [-0.15, -0.1) is 0 Å². The molecule has 0 N–H and O–H groups in total. The van der Waals surface area contributed by atoms with E-state index in [0.717, 1.165) is 21.9 Å². The third-order valence-corrected chi connectivity index (χ3v) is 11.8. The van der Waals surface area contributed by atoms with Crippen molar-refractivity contribution in [2.75, 3.05) is 0 Å². The van der Waals surface area contributed by atoms with Gasteiger partial charge in [0.25, 0.3) is 0 Å². The van der Waals surface area contributed by atoms with E-state index < -0.39 is 0 Å². The van der Waals surface area contributed by atoms with E-state index in [9.17, 15) is 0 Å². The molecule has 0 spiro atoms. The largest absolute Gasteiger partial charge is 0.456 e. The molecule has 0 aliphatic heterocycles. The van der Waals surface area contributed by atoms with Crippen LogP contribution in [0.5, 0.6) is 0 Å². The molecule has 0 atom stereocenters. The van der Waals surface area contributed by atoms with Gasteiger partial charge in [0.05, 0.1) is 11.0 Å². The summed E-state index contributed by atoms with van der Waals surface area (Å²) >= 11 is 0. The monoisotopic (exact) mass is 711 g/mol. The molecule has 0 amide bonds. The highest BCUT2D eigenvalue weighted by Crippen LogP contribution is 2.50. The standard InChI is InChI=1S/C54H33NO/c1-2-12-38(13-3-1)55-51-20-10-8-18-45(51)49-32-36(24-28-52(49)55)34-22-26-43-41-16-5-4-14-39(41)40-15-6-7-17-42(40)47-30-35(23-27-44(47)48(43)31-34)37-25-29-54-50(33-37)46-19-9-11-21-53(46)56-54/h1-33H. The predicted molar refractivity (Wildman–Crippen MR) is 234 cm³/mol. The molecule has 2 aromatic heterocycles. The van der Waals surface area contributed by atoms with Gasteiger partial charge in [-0.25, -0.2) is 0 Å². The molecule has 1 aliphatic carbocycles. The first-order chi connectivity index (χ1) is 27.8. The minimum atomic E-state index is 0.910. The van der Waals surface area contributed by atoms with Crippen molar-refractivity contribution < 1.29 is 4.42 Å². The maximum absolute atomic E-state index is 6.20. The van der Waals surface area contributed by atoms with Crippen LogP contribution in [-0.2, 0) is 0 Å². The van der Waals surface area contributed by atoms with Crippen molar-refractivity contribution in [3.8, 4) is 72.4 Å². The minimum absolute atomic E-state index is 0.910. The average Bonchev–Trinajstić information content (AvgIpc) is 3.81. The smallest absolute Gasteiger partial charge is 0.135 e. The molecule has 11 aromatic rings. The van der Waals surface area contributed by atoms with E-state index in [1.54, 1.807) is 0 Å². The minimum Gasteiger partial charge on any atom is -0.456 e. The summed E-state index contributed by atoms with van der Waals surface area (Å²) < 4.78 is 8.57. The molecule has 0 saturated carbocycles. The van der Waals surface area contributed by atoms with Crippen LogP contribution in [0, 0.1) is 0 Å². The molecule has 0 fully saturated rings. The highest BCUT2D eigenvalue weighted by Gasteiger charge is 2.23. The Kier molecular flexibility index (Phi) is 6.66. The molecular weight excluding hydrogens is 679 g/mol. The summed E-state index contributed by atoms with van der Waals surface area (Å²) in [5, 5.41) is 4.78. The Hall–Kier alpha value is -7.42. The molecule has 2 heterocycles. The first-order valence-electron chi connectivity index (χ1n) is 19.3. The van der Waals surface area contributed by atoms with Crippen molar-refractivity contribution >= 4 is 43.7 Å². The number of aromatic nitrogens is 1. The van der Waals surface area contributed by atoms with Crippen LogP contribution in [0.1, 0.15) is 0 Å². The van der Waals surface area contributed by atoms with Crippen molar-refractivity contribution in [2.45, 2.75) is 0 Å². The molecular formula is C54H33NO. The van der Waals surface area contributed by atoms with Crippen molar-refractivity contribution in [1.29, 1.82) is 0 Å². The van der Waals surface area contributed by atoms with Crippen LogP contribution in [0.15, 0.2) is 205 Å². The fourth-order valence-corrected chi connectivity index (χ4v) is 9.18. The Morgan fingerprint density at radius 3 is 1.41 bits per heavy atom. The van der Waals surface area contributed by atoms with Gasteiger partial charge in [-0.2, -0.15) is 0 Å². The van der Waals surface area contributed by atoms with E-state index in [4.69, 9.17) is 4.42 Å². The second-order valence-corrected chi connectivity index (χ2v) is 14.8. The molecule has 56 heavy (non-hydrogen) atoms. The zero-order valence-corrected chi connectivity index (χ0v) is 30.4. The Bertz CT molecular complexity index is 3360. The number of rotatable bonds is 3. The lowest BCUT2D eigenvalue weighted by Crippen LogP contribution is -1.98. The summed E-state index contributed by atoms with van der Waals surface area (Å²) in [5.41, 5.74) is 20.0. The number of para-hydroxylation sites is 3. The van der Waals surface area contributed by atoms with Gasteiger partial charge < -0.3 is 8.98 Å². The summed E-state index contributed by atoms with van der Waals surface area (Å²) in [6.45, 7) is 0. The Morgan fingerprint density at radius 2 is 0.714 bits per heavy atom. The van der Waals surface area contributed by atoms with Crippen LogP contribution in [-0.4, -0.2) is 4.57 Å². The van der Waals surface area contributed by atoms with Gasteiger partial charge in [0, 0.05) is 27.2 Å². The van der Waals surface area contributed by atoms with Gasteiger partial charge in [-0.3, -0.25) is 0 Å². The van der Waals surface area contributed by atoms with Gasteiger partial charge in [0.2, 0.25) is 0 Å². The van der Waals surface area contributed by atoms with E-state index in [1.165, 1.54) is 94.3 Å². The number of furan rings is 1. The quantitative estimate of drug-likeness (QED) is 0.178. The molecule has 12 rings (SSSR count). The van der Waals surface area contributed by atoms with E-state index >= 15 is 0 Å². The molecule has 9 aromatic carbocycles. The third kappa shape index (κ3) is 4.63. The van der Waals surface area contributed by atoms with Gasteiger partial charge in [-0.1, -0.05) is 140 Å². The third-order valence-electron chi connectivity index (χ3n) is 11.8. The average molecular weight is 712 g/mol. The van der Waals surface area contributed by atoms with Gasteiger partial charge >= 0.3 is 0 Å². The normalized spacial score (nSPS) is 11.9. The fourth-order valence-electron chi connectivity index (χ4n) is 9.18. The first kappa shape index (κ1) is 31.0. The number of nitrogens with zero attached hydrogens (tertiary/aromatic N) is 1. The predicted octanol–water partition coefficient (Wildman–Crippen LogP) is 15.0. The Morgan fingerprint density at radius 1 is 0.268 bits per heavy atom. The maximum Gasteiger partial charge on any atom is 0.135 e. The zero-order valence-electron chi connectivity index (χ0n) is 30.4. The van der Waals surface area contributed by atoms with Gasteiger partial charge in [0.1, 0.15) is 11.2 Å². The number of fused-ring (bicyclic) bond motifs is 14. The summed E-state index contributed by atoms with van der Waals surface area (Å²) in [5.74, 6) is 0. The van der Waals surface area contributed by atoms with E-state index in [2.05, 4.69) is 193 Å². The highest BCUT2D eigenvalue weighted by molar-refractivity contribution is 6.11. The highest BCUT2D eigenvalue weighted by atomic mass is 16.3. The van der Waals surface area contributed by atoms with Crippen LogP contribution in [0.3, 0.4) is 0 Å². The van der Waals surface area contributed by atoms with Crippen molar-refractivity contribution in [3.63, 3.8) is 0 Å². The van der Waals surface area contributed by atoms with Gasteiger partial charge in [0.15, 0.2) is 0 Å². The molecule has 2 heteroatoms. The number of hydrogen-bond acceptors (Lipinski definition) is 1. The van der Waals surface area contributed by atoms with Crippen LogP contribution >= 0.6 is 0 Å². The number of benzene rings is 9. The molecule has 0 saturated heterocycles. The van der Waals surface area contributed by atoms with Crippen LogP contribution in [0.2, 0.25) is 0 Å². The summed E-state index contributed by atoms with van der Waals surface area (Å²) in [6.07, 6.45) is 0. The number of hydrogen-bond donors (Lipinski definition) is 0. The summed E-state index contributed by atoms with van der Waals surface area (Å²) in [7, 11) is 0. The summed E-state index contributed by atoms with van der Waals surface area (Å²) in [6, 6.07) is 73.1. The van der Waals surface area contributed by atoms with Crippen LogP contribution < -0.4 is 0 Å². The molecule has 2 nitrogen and oxygen atoms in total. The van der Waals surface area contributed by atoms with Crippen molar-refractivity contribution in [2.24, 2.45) is 0 Å². The maximum atomic E-state index is 6.20. The van der Waals surface area contributed by atoms with Gasteiger partial charge in [-0.05, 0) is 127 Å². The topological polar surface area (TPSA) is 18.1 Å². The Labute approximate surface area is 324 Å². The lowest BCUT2D eigenvalue weighted by atomic mass is 9.79. The zero-order chi connectivity index (χ0) is 36.7. The molecule has 0 radical (unpaired) electrons. The first-order valence-corrected chi connectivity index (χ1v) is 19.3. The van der Waals surface area contributed by atoms with E-state index in [1.807, 2.05) is 12.1 Å². The van der Waals surface area contributed by atoms with E-state index in [0.29, 0.717) is 0 Å². The molecule has 0 bridgehead atoms. The second kappa shape index (κ2) is 12.0. The lowest BCUT2D eigenvalue weighted by molar-refractivity contribution is 0.669. The van der Waals surface area contributed by atoms with Crippen LogP contribution in [0.4, 0.5) is 0 Å².